The van der Waals surface area contributed by atoms with E-state index in [0.717, 1.165) is 33.5 Å². The first-order valence-electron chi connectivity index (χ1n) is 9.25. The molecular formula is C20H24N4O2S. The average Bonchev–Trinajstić information content (AvgIpc) is 3.05. The third kappa shape index (κ3) is 3.38. The first kappa shape index (κ1) is 18.2. The monoisotopic (exact) mass is 384 g/mol. The highest BCUT2D eigenvalue weighted by Crippen LogP contribution is 2.35. The van der Waals surface area contributed by atoms with Gasteiger partial charge in [-0.3, -0.25) is 14.8 Å². The van der Waals surface area contributed by atoms with E-state index in [-0.39, 0.29) is 11.7 Å². The molecule has 4 rings (SSSR count). The Morgan fingerprint density at radius 2 is 2.15 bits per heavy atom. The molecule has 0 fully saturated rings. The molecule has 1 aliphatic rings. The van der Waals surface area contributed by atoms with Crippen LogP contribution in [0.25, 0.3) is 10.2 Å². The van der Waals surface area contributed by atoms with Gasteiger partial charge in [-0.05, 0) is 23.5 Å². The van der Waals surface area contributed by atoms with Crippen LogP contribution in [0.15, 0.2) is 35.1 Å². The highest BCUT2D eigenvalue weighted by Gasteiger charge is 2.28. The smallest absolute Gasteiger partial charge is 0.264 e. The zero-order chi connectivity index (χ0) is 19.0. The van der Waals surface area contributed by atoms with Crippen LogP contribution in [0.1, 0.15) is 29.9 Å². The number of aryl methyl sites for hydroxylation is 1. The summed E-state index contributed by atoms with van der Waals surface area (Å²) in [6.07, 6.45) is 1.64. The van der Waals surface area contributed by atoms with Gasteiger partial charge >= 0.3 is 0 Å². The quantitative estimate of drug-likeness (QED) is 0.522. The minimum Gasteiger partial charge on any atom is -0.372 e. The molecule has 7 heteroatoms. The van der Waals surface area contributed by atoms with Gasteiger partial charge in [-0.25, -0.2) is 10.8 Å². The number of hydrazine groups is 1. The van der Waals surface area contributed by atoms with Crippen molar-refractivity contribution in [1.29, 1.82) is 0 Å². The second kappa shape index (κ2) is 7.42. The number of benzene rings is 1. The maximum absolute atomic E-state index is 13.3. The van der Waals surface area contributed by atoms with E-state index in [0.29, 0.717) is 25.0 Å². The van der Waals surface area contributed by atoms with Gasteiger partial charge in [0, 0.05) is 17.8 Å². The summed E-state index contributed by atoms with van der Waals surface area (Å²) in [5.74, 6) is 6.49. The number of thiophene rings is 1. The molecule has 0 bridgehead atoms. The van der Waals surface area contributed by atoms with Crippen molar-refractivity contribution < 1.29 is 4.74 Å². The van der Waals surface area contributed by atoms with Crippen molar-refractivity contribution in [3.05, 3.63) is 56.7 Å². The summed E-state index contributed by atoms with van der Waals surface area (Å²) in [7, 11) is 0. The number of hydrogen-bond acceptors (Lipinski definition) is 6. The largest absolute Gasteiger partial charge is 0.372 e. The Labute approximate surface area is 162 Å². The van der Waals surface area contributed by atoms with E-state index < -0.39 is 0 Å². The lowest BCUT2D eigenvalue weighted by Crippen LogP contribution is -2.30. The third-order valence-electron chi connectivity index (χ3n) is 5.17. The molecule has 1 atom stereocenters. The van der Waals surface area contributed by atoms with Crippen LogP contribution in [0.3, 0.4) is 0 Å². The van der Waals surface area contributed by atoms with Gasteiger partial charge in [0.05, 0.1) is 18.1 Å². The van der Waals surface area contributed by atoms with Gasteiger partial charge in [-0.1, -0.05) is 44.2 Å². The van der Waals surface area contributed by atoms with Gasteiger partial charge in [0.15, 0.2) is 0 Å². The van der Waals surface area contributed by atoms with E-state index in [1.807, 2.05) is 18.2 Å². The summed E-state index contributed by atoms with van der Waals surface area (Å²) in [6.45, 7) is 5.38. The molecular weight excluding hydrogens is 360 g/mol. The molecule has 6 nitrogen and oxygen atoms in total. The first-order chi connectivity index (χ1) is 13.1. The normalized spacial score (nSPS) is 16.7. The fraction of sp³-hybridized carbons (Fsp3) is 0.400. The zero-order valence-corrected chi connectivity index (χ0v) is 16.4. The maximum atomic E-state index is 13.3. The molecule has 0 unspecified atom stereocenters. The number of nitrogens with zero attached hydrogens (tertiary/aromatic N) is 2. The highest BCUT2D eigenvalue weighted by molar-refractivity contribution is 7.18. The number of nitrogen functional groups attached to an aromatic ring is 1. The molecule has 0 spiro atoms. The lowest BCUT2D eigenvalue weighted by molar-refractivity contribution is 0.00200. The summed E-state index contributed by atoms with van der Waals surface area (Å²) in [4.78, 5) is 19.8. The van der Waals surface area contributed by atoms with Gasteiger partial charge in [0.1, 0.15) is 4.83 Å². The van der Waals surface area contributed by atoms with Crippen LogP contribution in [0, 0.1) is 5.92 Å². The van der Waals surface area contributed by atoms with Gasteiger partial charge in [0.2, 0.25) is 5.95 Å². The number of rotatable bonds is 5. The van der Waals surface area contributed by atoms with E-state index in [2.05, 4.69) is 36.4 Å². The fourth-order valence-corrected chi connectivity index (χ4v) is 4.71. The van der Waals surface area contributed by atoms with E-state index in [1.165, 1.54) is 16.9 Å². The van der Waals surface area contributed by atoms with Gasteiger partial charge in [-0.2, -0.15) is 0 Å². The first-order valence-corrected chi connectivity index (χ1v) is 10.1. The Morgan fingerprint density at radius 3 is 2.85 bits per heavy atom. The van der Waals surface area contributed by atoms with Crippen LogP contribution in [-0.2, 0) is 30.7 Å². The van der Waals surface area contributed by atoms with Gasteiger partial charge in [0.25, 0.3) is 5.56 Å². The SMILES string of the molecule is CC(C)[C@@H]1Cc2c(sc3nc(NN)n(CCc4ccccc4)c(=O)c23)CO1. The van der Waals surface area contributed by atoms with E-state index in [1.54, 1.807) is 4.57 Å². The van der Waals surface area contributed by atoms with E-state index in [4.69, 9.17) is 10.6 Å². The molecule has 0 radical (unpaired) electrons. The van der Waals surface area contributed by atoms with Crippen LogP contribution in [-0.4, -0.2) is 15.7 Å². The van der Waals surface area contributed by atoms with Crippen molar-refractivity contribution in [3.8, 4) is 0 Å². The average molecular weight is 385 g/mol. The van der Waals surface area contributed by atoms with Crippen LogP contribution in [0.2, 0.25) is 0 Å². The number of nitrogens with one attached hydrogen (secondary N) is 1. The van der Waals surface area contributed by atoms with Crippen molar-refractivity contribution >= 4 is 27.5 Å². The number of nitrogens with two attached hydrogens (primary N) is 1. The molecule has 0 aliphatic carbocycles. The molecule has 1 aromatic carbocycles. The van der Waals surface area contributed by atoms with Crippen LogP contribution in [0.5, 0.6) is 0 Å². The van der Waals surface area contributed by atoms with Crippen molar-refractivity contribution in [1.82, 2.24) is 9.55 Å². The Hall–Kier alpha value is -2.22. The fourth-order valence-electron chi connectivity index (χ4n) is 3.59. The number of hydrogen-bond donors (Lipinski definition) is 2. The lowest BCUT2D eigenvalue weighted by Gasteiger charge is -2.26. The molecule has 3 heterocycles. The number of anilines is 1. The standard InChI is InChI=1S/C20H24N4O2S/c1-12(2)15-10-14-16(11-26-15)27-18-17(14)19(25)24(20(22-18)23-21)9-8-13-6-4-3-5-7-13/h3-7,12,15H,8-11,21H2,1-2H3,(H,22,23)/t15-/m0/s1. The summed E-state index contributed by atoms with van der Waals surface area (Å²) in [5, 5.41) is 0.732. The number of ether oxygens (including phenoxy) is 1. The molecule has 142 valence electrons. The molecule has 1 aliphatic heterocycles. The summed E-state index contributed by atoms with van der Waals surface area (Å²) in [5.41, 5.74) is 4.86. The number of aromatic nitrogens is 2. The second-order valence-electron chi connectivity index (χ2n) is 7.25. The predicted molar refractivity (Wildman–Crippen MR) is 109 cm³/mol. The molecule has 0 saturated heterocycles. The van der Waals surface area contributed by atoms with E-state index >= 15 is 0 Å². The second-order valence-corrected chi connectivity index (χ2v) is 8.34. The van der Waals surface area contributed by atoms with Crippen molar-refractivity contribution in [2.24, 2.45) is 11.8 Å². The Balaban J connectivity index is 1.76. The Morgan fingerprint density at radius 1 is 1.37 bits per heavy atom. The topological polar surface area (TPSA) is 82.2 Å². The molecule has 27 heavy (non-hydrogen) atoms. The minimum atomic E-state index is -0.0224. The van der Waals surface area contributed by atoms with Crippen molar-refractivity contribution in [2.75, 3.05) is 5.43 Å². The number of fused-ring (bicyclic) bond motifs is 3. The van der Waals surface area contributed by atoms with Crippen LogP contribution in [0.4, 0.5) is 5.95 Å². The minimum absolute atomic E-state index is 0.0224. The molecule has 2 aromatic heterocycles. The maximum Gasteiger partial charge on any atom is 0.264 e. The zero-order valence-electron chi connectivity index (χ0n) is 15.6. The van der Waals surface area contributed by atoms with Gasteiger partial charge in [-0.15, -0.1) is 11.3 Å². The van der Waals surface area contributed by atoms with E-state index in [9.17, 15) is 4.79 Å². The van der Waals surface area contributed by atoms with Crippen LogP contribution < -0.4 is 16.8 Å². The lowest BCUT2D eigenvalue weighted by atomic mass is 9.96. The van der Waals surface area contributed by atoms with Crippen molar-refractivity contribution in [3.63, 3.8) is 0 Å². The summed E-state index contributed by atoms with van der Waals surface area (Å²) in [6, 6.07) is 10.1. The summed E-state index contributed by atoms with van der Waals surface area (Å²) < 4.78 is 7.62. The molecule has 0 amide bonds. The van der Waals surface area contributed by atoms with Gasteiger partial charge < -0.3 is 4.74 Å². The molecule has 0 saturated carbocycles. The Bertz CT molecular complexity index is 1010. The summed E-state index contributed by atoms with van der Waals surface area (Å²) >= 11 is 1.54. The molecule has 3 aromatic rings. The molecule has 3 N–H and O–H groups in total. The predicted octanol–water partition coefficient (Wildman–Crippen LogP) is 3.08. The third-order valence-corrected chi connectivity index (χ3v) is 6.27. The Kier molecular flexibility index (Phi) is 4.99. The van der Waals surface area contributed by atoms with Crippen molar-refractivity contribution in [2.45, 2.75) is 45.9 Å². The highest BCUT2D eigenvalue weighted by atomic mass is 32.1. The van der Waals surface area contributed by atoms with Crippen LogP contribution >= 0.6 is 11.3 Å².